The third-order valence-corrected chi connectivity index (χ3v) is 3.37. The highest BCUT2D eigenvalue weighted by molar-refractivity contribution is 6.33. The molecule has 3 nitrogen and oxygen atoms in total. The van der Waals surface area contributed by atoms with E-state index in [0.717, 1.165) is 23.6 Å². The molecular formula is C15H18ClN3. The fourth-order valence-corrected chi connectivity index (χ4v) is 2.37. The average Bonchev–Trinajstić information content (AvgIpc) is 2.43. The standard InChI is InChI=1S/C15H18ClN3/c1-3-19(14-7-5-4-6-11(14)2)15-13(16)8-12(9-17)10-18-15/h4-8,10H,3,9,17H2,1-2H3. The normalized spacial score (nSPS) is 10.5. The first-order valence-electron chi connectivity index (χ1n) is 6.35. The molecule has 2 N–H and O–H groups in total. The summed E-state index contributed by atoms with van der Waals surface area (Å²) < 4.78 is 0. The van der Waals surface area contributed by atoms with E-state index < -0.39 is 0 Å². The van der Waals surface area contributed by atoms with E-state index in [2.05, 4.69) is 35.9 Å². The van der Waals surface area contributed by atoms with Crippen molar-refractivity contribution in [1.82, 2.24) is 4.98 Å². The topological polar surface area (TPSA) is 42.2 Å². The van der Waals surface area contributed by atoms with Crippen LogP contribution < -0.4 is 10.6 Å². The third kappa shape index (κ3) is 2.88. The van der Waals surface area contributed by atoms with Crippen LogP contribution in [-0.4, -0.2) is 11.5 Å². The van der Waals surface area contributed by atoms with Gasteiger partial charge >= 0.3 is 0 Å². The number of hydrogen-bond donors (Lipinski definition) is 1. The van der Waals surface area contributed by atoms with E-state index in [4.69, 9.17) is 17.3 Å². The van der Waals surface area contributed by atoms with Gasteiger partial charge in [0, 0.05) is 25.0 Å². The maximum atomic E-state index is 6.32. The Morgan fingerprint density at radius 1 is 1.32 bits per heavy atom. The van der Waals surface area contributed by atoms with Gasteiger partial charge in [0.05, 0.1) is 5.02 Å². The fraction of sp³-hybridized carbons (Fsp3) is 0.267. The summed E-state index contributed by atoms with van der Waals surface area (Å²) in [5, 5.41) is 0.632. The number of aryl methyl sites for hydroxylation is 1. The molecule has 1 heterocycles. The molecule has 1 aromatic heterocycles. The van der Waals surface area contributed by atoms with E-state index in [1.807, 2.05) is 18.2 Å². The van der Waals surface area contributed by atoms with Crippen molar-refractivity contribution in [3.05, 3.63) is 52.7 Å². The monoisotopic (exact) mass is 275 g/mol. The Bertz CT molecular complexity index is 569. The molecule has 19 heavy (non-hydrogen) atoms. The van der Waals surface area contributed by atoms with Crippen molar-refractivity contribution in [2.45, 2.75) is 20.4 Å². The molecule has 1 aromatic carbocycles. The van der Waals surface area contributed by atoms with Crippen LogP contribution in [0.15, 0.2) is 36.5 Å². The molecule has 0 radical (unpaired) electrons. The van der Waals surface area contributed by atoms with Gasteiger partial charge in [-0.1, -0.05) is 29.8 Å². The molecule has 0 bridgehead atoms. The number of para-hydroxylation sites is 1. The second kappa shape index (κ2) is 6.04. The van der Waals surface area contributed by atoms with Gasteiger partial charge in [-0.3, -0.25) is 0 Å². The van der Waals surface area contributed by atoms with Crippen LogP contribution in [0.4, 0.5) is 11.5 Å². The van der Waals surface area contributed by atoms with Gasteiger partial charge in [0.25, 0.3) is 0 Å². The van der Waals surface area contributed by atoms with Crippen molar-refractivity contribution in [3.63, 3.8) is 0 Å². The summed E-state index contributed by atoms with van der Waals surface area (Å²) in [5.41, 5.74) is 8.86. The maximum absolute atomic E-state index is 6.32. The summed E-state index contributed by atoms with van der Waals surface area (Å²) in [7, 11) is 0. The van der Waals surface area contributed by atoms with Gasteiger partial charge in [0.2, 0.25) is 0 Å². The molecule has 0 aliphatic carbocycles. The summed E-state index contributed by atoms with van der Waals surface area (Å²) in [6.45, 7) is 5.42. The molecule has 100 valence electrons. The van der Waals surface area contributed by atoms with Crippen LogP contribution in [0.3, 0.4) is 0 Å². The van der Waals surface area contributed by atoms with Crippen LogP contribution in [-0.2, 0) is 6.54 Å². The Labute approximate surface area is 119 Å². The zero-order valence-electron chi connectivity index (χ0n) is 11.2. The molecule has 0 amide bonds. The molecule has 0 unspecified atom stereocenters. The highest BCUT2D eigenvalue weighted by Gasteiger charge is 2.14. The first-order valence-corrected chi connectivity index (χ1v) is 6.72. The van der Waals surface area contributed by atoms with Crippen molar-refractivity contribution in [2.24, 2.45) is 5.73 Å². The largest absolute Gasteiger partial charge is 0.326 e. The van der Waals surface area contributed by atoms with E-state index in [0.29, 0.717) is 11.6 Å². The van der Waals surface area contributed by atoms with Crippen molar-refractivity contribution >= 4 is 23.1 Å². The quantitative estimate of drug-likeness (QED) is 0.926. The first kappa shape index (κ1) is 13.8. The number of nitrogens with zero attached hydrogens (tertiary/aromatic N) is 2. The summed E-state index contributed by atoms with van der Waals surface area (Å²) in [4.78, 5) is 6.56. The van der Waals surface area contributed by atoms with Crippen LogP contribution >= 0.6 is 11.6 Å². The first-order chi connectivity index (χ1) is 9.17. The Morgan fingerprint density at radius 3 is 2.63 bits per heavy atom. The van der Waals surface area contributed by atoms with E-state index >= 15 is 0 Å². The van der Waals surface area contributed by atoms with Gasteiger partial charge in [0.15, 0.2) is 5.82 Å². The van der Waals surface area contributed by atoms with Crippen molar-refractivity contribution in [3.8, 4) is 0 Å². The van der Waals surface area contributed by atoms with Gasteiger partial charge in [0.1, 0.15) is 0 Å². The lowest BCUT2D eigenvalue weighted by Crippen LogP contribution is -2.19. The van der Waals surface area contributed by atoms with E-state index in [9.17, 15) is 0 Å². The highest BCUT2D eigenvalue weighted by Crippen LogP contribution is 2.31. The Morgan fingerprint density at radius 2 is 2.05 bits per heavy atom. The highest BCUT2D eigenvalue weighted by atomic mass is 35.5. The minimum Gasteiger partial charge on any atom is -0.326 e. The second-order valence-corrected chi connectivity index (χ2v) is 4.79. The van der Waals surface area contributed by atoms with Crippen LogP contribution in [0.5, 0.6) is 0 Å². The van der Waals surface area contributed by atoms with Gasteiger partial charge in [-0.05, 0) is 37.1 Å². The van der Waals surface area contributed by atoms with Crippen molar-refractivity contribution < 1.29 is 0 Å². The van der Waals surface area contributed by atoms with Crippen LogP contribution in [0, 0.1) is 6.92 Å². The number of nitrogens with two attached hydrogens (primary N) is 1. The number of pyridine rings is 1. The number of anilines is 2. The lowest BCUT2D eigenvalue weighted by Gasteiger charge is -2.25. The minimum atomic E-state index is 0.448. The SMILES string of the molecule is CCN(c1ccccc1C)c1ncc(CN)cc1Cl. The predicted octanol–water partition coefficient (Wildman–Crippen LogP) is 3.66. The Hall–Kier alpha value is -1.58. The number of rotatable bonds is 4. The molecule has 0 saturated carbocycles. The molecule has 0 aliphatic rings. The summed E-state index contributed by atoms with van der Waals surface area (Å²) in [6.07, 6.45) is 1.78. The molecule has 4 heteroatoms. The predicted molar refractivity (Wildman–Crippen MR) is 81.0 cm³/mol. The van der Waals surface area contributed by atoms with E-state index in [-0.39, 0.29) is 0 Å². The third-order valence-electron chi connectivity index (χ3n) is 3.09. The minimum absolute atomic E-state index is 0.448. The van der Waals surface area contributed by atoms with Crippen molar-refractivity contribution in [2.75, 3.05) is 11.4 Å². The van der Waals surface area contributed by atoms with Crippen LogP contribution in [0.1, 0.15) is 18.1 Å². The molecule has 0 aliphatic heterocycles. The molecule has 0 saturated heterocycles. The van der Waals surface area contributed by atoms with Gasteiger partial charge in [-0.2, -0.15) is 0 Å². The number of benzene rings is 1. The number of halogens is 1. The fourth-order valence-electron chi connectivity index (χ4n) is 2.08. The Kier molecular flexibility index (Phi) is 4.40. The van der Waals surface area contributed by atoms with Crippen LogP contribution in [0.2, 0.25) is 5.02 Å². The lowest BCUT2D eigenvalue weighted by molar-refractivity contribution is 0.969. The maximum Gasteiger partial charge on any atom is 0.151 e. The molecule has 0 fully saturated rings. The molecule has 2 aromatic rings. The average molecular weight is 276 g/mol. The molecule has 0 spiro atoms. The van der Waals surface area contributed by atoms with E-state index in [1.54, 1.807) is 6.20 Å². The van der Waals surface area contributed by atoms with Crippen molar-refractivity contribution in [1.29, 1.82) is 0 Å². The summed E-state index contributed by atoms with van der Waals surface area (Å²) >= 11 is 6.32. The summed E-state index contributed by atoms with van der Waals surface area (Å²) in [5.74, 6) is 0.774. The number of aromatic nitrogens is 1. The van der Waals surface area contributed by atoms with Gasteiger partial charge < -0.3 is 10.6 Å². The zero-order valence-corrected chi connectivity index (χ0v) is 12.0. The lowest BCUT2D eigenvalue weighted by atomic mass is 10.1. The van der Waals surface area contributed by atoms with Gasteiger partial charge in [-0.15, -0.1) is 0 Å². The molecule has 2 rings (SSSR count). The van der Waals surface area contributed by atoms with Crippen LogP contribution in [0.25, 0.3) is 0 Å². The molecule has 0 atom stereocenters. The molecular weight excluding hydrogens is 258 g/mol. The zero-order chi connectivity index (χ0) is 13.8. The number of hydrogen-bond acceptors (Lipinski definition) is 3. The Balaban J connectivity index is 2.46. The smallest absolute Gasteiger partial charge is 0.151 e. The second-order valence-electron chi connectivity index (χ2n) is 4.38. The summed E-state index contributed by atoms with van der Waals surface area (Å²) in [6, 6.07) is 10.1. The van der Waals surface area contributed by atoms with E-state index in [1.165, 1.54) is 5.56 Å². The van der Waals surface area contributed by atoms with Gasteiger partial charge in [-0.25, -0.2) is 4.98 Å².